The zero-order chi connectivity index (χ0) is 19.1. The molecule has 144 valence electrons. The lowest BCUT2D eigenvalue weighted by molar-refractivity contribution is -0.120. The average molecular weight is 378 g/mol. The van der Waals surface area contributed by atoms with Gasteiger partial charge in [-0.1, -0.05) is 26.7 Å². The number of carbonyl (C=O) groups is 2. The molecule has 1 aliphatic carbocycles. The molecule has 1 amide bonds. The molecule has 4 nitrogen and oxygen atoms in total. The number of hydrogen-bond acceptors (Lipinski definition) is 4. The molecule has 2 rings (SSSR count). The van der Waals surface area contributed by atoms with Gasteiger partial charge < -0.3 is 10.1 Å². The first kappa shape index (κ1) is 20.8. The Bertz CT molecular complexity index is 632. The van der Waals surface area contributed by atoms with Crippen LogP contribution in [-0.2, 0) is 10.5 Å². The number of carbonyl (C=O) groups excluding carboxylic acids is 2. The first-order chi connectivity index (χ1) is 12.4. The highest BCUT2D eigenvalue weighted by Gasteiger charge is 2.27. The van der Waals surface area contributed by atoms with Gasteiger partial charge in [0.1, 0.15) is 5.75 Å². The van der Waals surface area contributed by atoms with Crippen LogP contribution in [0.3, 0.4) is 0 Å². The van der Waals surface area contributed by atoms with Gasteiger partial charge in [-0.25, -0.2) is 0 Å². The summed E-state index contributed by atoms with van der Waals surface area (Å²) < 4.78 is 5.65. The average Bonchev–Trinajstić information content (AvgIpc) is 2.60. The van der Waals surface area contributed by atoms with E-state index in [1.807, 2.05) is 19.1 Å². The molecule has 1 aromatic rings. The van der Waals surface area contributed by atoms with Crippen LogP contribution in [0, 0.1) is 11.8 Å². The highest BCUT2D eigenvalue weighted by atomic mass is 32.2. The Morgan fingerprint density at radius 3 is 2.73 bits per heavy atom. The molecule has 0 radical (unpaired) electrons. The number of thioether (sulfide) groups is 1. The second-order valence-electron chi connectivity index (χ2n) is 7.25. The first-order valence-corrected chi connectivity index (χ1v) is 10.7. The van der Waals surface area contributed by atoms with Crippen LogP contribution in [0.15, 0.2) is 18.2 Å². The first-order valence-electron chi connectivity index (χ1n) is 9.56. The molecule has 5 heteroatoms. The molecule has 26 heavy (non-hydrogen) atoms. The summed E-state index contributed by atoms with van der Waals surface area (Å²) in [5.74, 6) is 3.21. The van der Waals surface area contributed by atoms with Gasteiger partial charge in [0.15, 0.2) is 5.78 Å². The van der Waals surface area contributed by atoms with Gasteiger partial charge in [-0.2, -0.15) is 0 Å². The lowest BCUT2D eigenvalue weighted by Crippen LogP contribution is -2.44. The van der Waals surface area contributed by atoms with Crippen molar-refractivity contribution in [2.24, 2.45) is 11.8 Å². The topological polar surface area (TPSA) is 55.4 Å². The molecule has 3 atom stereocenters. The van der Waals surface area contributed by atoms with Crippen molar-refractivity contribution < 1.29 is 14.3 Å². The Kier molecular flexibility index (Phi) is 8.01. The maximum absolute atomic E-state index is 12.3. The van der Waals surface area contributed by atoms with Gasteiger partial charge in [-0.15, -0.1) is 11.8 Å². The summed E-state index contributed by atoms with van der Waals surface area (Å²) in [5, 5.41) is 3.21. The van der Waals surface area contributed by atoms with Crippen molar-refractivity contribution in [1.82, 2.24) is 5.32 Å². The maximum Gasteiger partial charge on any atom is 0.230 e. The van der Waals surface area contributed by atoms with Gasteiger partial charge in [0.25, 0.3) is 0 Å². The molecule has 0 heterocycles. The fraction of sp³-hybridized carbons (Fsp3) is 0.619. The van der Waals surface area contributed by atoms with E-state index in [2.05, 4.69) is 19.2 Å². The Morgan fingerprint density at radius 1 is 1.27 bits per heavy atom. The third-order valence-corrected chi connectivity index (χ3v) is 6.29. The largest absolute Gasteiger partial charge is 0.494 e. The fourth-order valence-electron chi connectivity index (χ4n) is 3.50. The number of benzene rings is 1. The van der Waals surface area contributed by atoms with Crippen molar-refractivity contribution >= 4 is 23.5 Å². The second kappa shape index (κ2) is 10.0. The molecule has 1 aromatic carbocycles. The van der Waals surface area contributed by atoms with E-state index in [9.17, 15) is 9.59 Å². The quantitative estimate of drug-likeness (QED) is 0.680. The Morgan fingerprint density at radius 2 is 2.04 bits per heavy atom. The lowest BCUT2D eigenvalue weighted by Gasteiger charge is -2.34. The van der Waals surface area contributed by atoms with Crippen molar-refractivity contribution in [1.29, 1.82) is 0 Å². The van der Waals surface area contributed by atoms with Gasteiger partial charge in [-0.3, -0.25) is 9.59 Å². The monoisotopic (exact) mass is 377 g/mol. The van der Waals surface area contributed by atoms with E-state index in [-0.39, 0.29) is 11.7 Å². The summed E-state index contributed by atoms with van der Waals surface area (Å²) in [6.07, 6.45) is 3.53. The van der Waals surface area contributed by atoms with E-state index in [1.165, 1.54) is 12.8 Å². The number of rotatable bonds is 8. The molecule has 1 fully saturated rings. The lowest BCUT2D eigenvalue weighted by atomic mass is 9.78. The Hall–Kier alpha value is -1.49. The third kappa shape index (κ3) is 5.76. The summed E-state index contributed by atoms with van der Waals surface area (Å²) in [5.41, 5.74) is 1.65. The summed E-state index contributed by atoms with van der Waals surface area (Å²) in [7, 11) is 0. The molecule has 0 saturated heterocycles. The standard InChI is InChI=1S/C21H31NO3S/c1-5-25-20-10-9-17(16(4)23)11-18(20)12-26-13-21(24)22-19-8-6-7-14(2)15(19)3/h9-11,14-15,19H,5-8,12-13H2,1-4H3,(H,22,24)/t14-,15-,19-/m1/s1. The summed E-state index contributed by atoms with van der Waals surface area (Å²) in [6.45, 7) is 8.59. The van der Waals surface area contributed by atoms with E-state index in [0.29, 0.717) is 41.6 Å². The molecule has 0 spiro atoms. The van der Waals surface area contributed by atoms with Crippen molar-refractivity contribution in [3.05, 3.63) is 29.3 Å². The predicted octanol–water partition coefficient (Wildman–Crippen LogP) is 4.46. The van der Waals surface area contributed by atoms with E-state index >= 15 is 0 Å². The van der Waals surface area contributed by atoms with Crippen LogP contribution in [0.2, 0.25) is 0 Å². The van der Waals surface area contributed by atoms with E-state index in [4.69, 9.17) is 4.74 Å². The van der Waals surface area contributed by atoms with Crippen LogP contribution < -0.4 is 10.1 Å². The van der Waals surface area contributed by atoms with Crippen LogP contribution in [0.1, 0.15) is 62.9 Å². The zero-order valence-corrected chi connectivity index (χ0v) is 17.2. The molecule has 1 N–H and O–H groups in total. The van der Waals surface area contributed by atoms with Crippen LogP contribution in [0.5, 0.6) is 5.75 Å². The molecule has 0 aliphatic heterocycles. The van der Waals surface area contributed by atoms with Crippen LogP contribution in [-0.4, -0.2) is 30.1 Å². The van der Waals surface area contributed by atoms with E-state index < -0.39 is 0 Å². The van der Waals surface area contributed by atoms with Gasteiger partial charge in [0.2, 0.25) is 5.91 Å². The molecule has 0 unspecified atom stereocenters. The predicted molar refractivity (Wildman–Crippen MR) is 108 cm³/mol. The molecule has 0 aromatic heterocycles. The number of ketones is 1. The highest BCUT2D eigenvalue weighted by Crippen LogP contribution is 2.30. The SMILES string of the molecule is CCOc1ccc(C(C)=O)cc1CSCC(=O)N[C@@H]1CCC[C@@H](C)[C@H]1C. The maximum atomic E-state index is 12.3. The van der Waals surface area contributed by atoms with Gasteiger partial charge in [-0.05, 0) is 50.3 Å². The van der Waals surface area contributed by atoms with Crippen molar-refractivity contribution in [3.8, 4) is 5.75 Å². The Labute approximate surface area is 161 Å². The molecule has 0 bridgehead atoms. The number of hydrogen-bond donors (Lipinski definition) is 1. The minimum atomic E-state index is 0.0393. The van der Waals surface area contributed by atoms with Gasteiger partial charge in [0, 0.05) is 22.9 Å². The number of ether oxygens (including phenoxy) is 1. The van der Waals surface area contributed by atoms with E-state index in [0.717, 1.165) is 17.7 Å². The van der Waals surface area contributed by atoms with Crippen LogP contribution in [0.25, 0.3) is 0 Å². The van der Waals surface area contributed by atoms with Crippen LogP contribution in [0.4, 0.5) is 0 Å². The van der Waals surface area contributed by atoms with Crippen molar-refractivity contribution in [2.75, 3.05) is 12.4 Å². The molecule has 1 aliphatic rings. The van der Waals surface area contributed by atoms with Crippen molar-refractivity contribution in [3.63, 3.8) is 0 Å². The smallest absolute Gasteiger partial charge is 0.230 e. The summed E-state index contributed by atoms with van der Waals surface area (Å²) in [4.78, 5) is 23.9. The molecule has 1 saturated carbocycles. The number of nitrogens with one attached hydrogen (secondary N) is 1. The summed E-state index contributed by atoms with van der Waals surface area (Å²) >= 11 is 1.56. The minimum absolute atomic E-state index is 0.0393. The van der Waals surface area contributed by atoms with Crippen molar-refractivity contribution in [2.45, 2.75) is 58.8 Å². The Balaban J connectivity index is 1.89. The third-order valence-electron chi connectivity index (χ3n) is 5.31. The van der Waals surface area contributed by atoms with Gasteiger partial charge >= 0.3 is 0 Å². The fourth-order valence-corrected chi connectivity index (χ4v) is 4.31. The van der Waals surface area contributed by atoms with Crippen LogP contribution >= 0.6 is 11.8 Å². The van der Waals surface area contributed by atoms with Gasteiger partial charge in [0.05, 0.1) is 12.4 Å². The minimum Gasteiger partial charge on any atom is -0.494 e. The molecular formula is C21H31NO3S. The summed E-state index contributed by atoms with van der Waals surface area (Å²) in [6, 6.07) is 5.82. The second-order valence-corrected chi connectivity index (χ2v) is 8.23. The normalized spacial score (nSPS) is 22.7. The number of Topliss-reactive ketones (excluding diaryl/α,β-unsaturated/α-hetero) is 1. The molecular weight excluding hydrogens is 346 g/mol. The zero-order valence-electron chi connectivity index (χ0n) is 16.3. The number of amides is 1. The van der Waals surface area contributed by atoms with E-state index in [1.54, 1.807) is 24.8 Å². The highest BCUT2D eigenvalue weighted by molar-refractivity contribution is 7.99.